The molecule has 0 saturated carbocycles. The Balaban J connectivity index is 1.51. The number of hydrogen-bond donors (Lipinski definition) is 1. The van der Waals surface area contributed by atoms with Crippen LogP contribution in [0.1, 0.15) is 23.2 Å². The maximum atomic E-state index is 12.8. The number of fused-ring (bicyclic) bond motifs is 1. The van der Waals surface area contributed by atoms with Gasteiger partial charge in [0.15, 0.2) is 10.8 Å². The van der Waals surface area contributed by atoms with Gasteiger partial charge in [-0.15, -0.1) is 5.10 Å². The third kappa shape index (κ3) is 4.20. The van der Waals surface area contributed by atoms with E-state index in [0.29, 0.717) is 18.7 Å². The molecule has 0 atom stereocenters. The van der Waals surface area contributed by atoms with E-state index in [1.165, 1.54) is 11.8 Å². The molecule has 1 amide bonds. The lowest BCUT2D eigenvalue weighted by Crippen LogP contribution is -2.14. The van der Waals surface area contributed by atoms with Gasteiger partial charge in [-0.25, -0.2) is 14.6 Å². The number of methoxy groups -OCH3 is 1. The van der Waals surface area contributed by atoms with Gasteiger partial charge in [0.25, 0.3) is 0 Å². The van der Waals surface area contributed by atoms with Crippen LogP contribution >= 0.6 is 11.8 Å². The van der Waals surface area contributed by atoms with Gasteiger partial charge < -0.3 is 14.6 Å². The van der Waals surface area contributed by atoms with Crippen LogP contribution in [0, 0.1) is 13.8 Å². The monoisotopic (exact) mass is 450 g/mol. The Bertz CT molecular complexity index is 1290. The normalized spacial score (nSPS) is 11.2. The highest BCUT2D eigenvalue weighted by atomic mass is 32.2. The number of benzene rings is 1. The highest BCUT2D eigenvalue weighted by Gasteiger charge is 2.19. The van der Waals surface area contributed by atoms with Crippen molar-refractivity contribution in [3.8, 4) is 5.88 Å². The first kappa shape index (κ1) is 21.9. The molecule has 166 valence electrons. The number of aromatic nitrogens is 5. The number of aryl methyl sites for hydroxylation is 4. The molecule has 0 saturated heterocycles. The predicted octanol–water partition coefficient (Wildman–Crippen LogP) is 4.05. The van der Waals surface area contributed by atoms with Crippen LogP contribution < -0.4 is 10.1 Å². The Morgan fingerprint density at radius 2 is 2.00 bits per heavy atom. The number of nitrogens with one attached hydrogen (secondary N) is 1. The van der Waals surface area contributed by atoms with Crippen LogP contribution in [0.5, 0.6) is 5.88 Å². The molecule has 3 aromatic heterocycles. The van der Waals surface area contributed by atoms with E-state index in [0.717, 1.165) is 43.6 Å². The first-order valence-electron chi connectivity index (χ1n) is 10.3. The summed E-state index contributed by atoms with van der Waals surface area (Å²) < 4.78 is 9.10. The Kier molecular flexibility index (Phi) is 6.18. The number of rotatable bonds is 7. The first-order chi connectivity index (χ1) is 15.4. The van der Waals surface area contributed by atoms with Crippen LogP contribution in [-0.4, -0.2) is 37.3 Å². The lowest BCUT2D eigenvalue weighted by atomic mass is 10.00. The third-order valence-electron chi connectivity index (χ3n) is 5.46. The summed E-state index contributed by atoms with van der Waals surface area (Å²) in [7, 11) is 5.40. The smallest absolute Gasteiger partial charge is 0.242 e. The van der Waals surface area contributed by atoms with Crippen LogP contribution in [0.2, 0.25) is 0 Å². The van der Waals surface area contributed by atoms with Gasteiger partial charge in [0.05, 0.1) is 18.2 Å². The molecule has 4 aromatic rings. The lowest BCUT2D eigenvalue weighted by Gasteiger charge is -2.13. The fourth-order valence-corrected chi connectivity index (χ4v) is 4.66. The number of anilines is 1. The van der Waals surface area contributed by atoms with Crippen molar-refractivity contribution in [3.63, 3.8) is 0 Å². The van der Waals surface area contributed by atoms with Crippen LogP contribution in [0.4, 0.5) is 5.69 Å². The Morgan fingerprint density at radius 1 is 1.22 bits per heavy atom. The van der Waals surface area contributed by atoms with Crippen molar-refractivity contribution in [1.82, 2.24) is 24.3 Å². The van der Waals surface area contributed by atoms with Gasteiger partial charge in [-0.3, -0.25) is 4.79 Å². The van der Waals surface area contributed by atoms with Crippen molar-refractivity contribution >= 4 is 34.4 Å². The number of para-hydroxylation sites is 1. The SMILES string of the molecule is COc1nn(C)c2nc(C)c(CCC(=O)Nc3ccccc3Sc3nccn3C)c(C)c12. The second-order valence-corrected chi connectivity index (χ2v) is 8.61. The van der Waals surface area contributed by atoms with Gasteiger partial charge in [0.1, 0.15) is 0 Å². The van der Waals surface area contributed by atoms with Crippen LogP contribution in [0.25, 0.3) is 11.0 Å². The fourth-order valence-electron chi connectivity index (χ4n) is 3.77. The van der Waals surface area contributed by atoms with Crippen molar-refractivity contribution in [2.75, 3.05) is 12.4 Å². The Morgan fingerprint density at radius 3 is 2.72 bits per heavy atom. The summed E-state index contributed by atoms with van der Waals surface area (Å²) in [5.74, 6) is 0.508. The van der Waals surface area contributed by atoms with Crippen molar-refractivity contribution in [2.24, 2.45) is 14.1 Å². The standard InChI is InChI=1S/C23H26N6O2S/c1-14-16(15(2)25-21-20(14)22(31-5)27-29(21)4)10-11-19(30)26-17-8-6-7-9-18(17)32-23-24-12-13-28(23)3/h6-9,12-13H,10-11H2,1-5H3,(H,26,30). The minimum Gasteiger partial charge on any atom is -0.479 e. The maximum absolute atomic E-state index is 12.8. The molecule has 0 aliphatic carbocycles. The van der Waals surface area contributed by atoms with Crippen LogP contribution in [0.15, 0.2) is 46.7 Å². The van der Waals surface area contributed by atoms with Crippen molar-refractivity contribution in [1.29, 1.82) is 0 Å². The number of carbonyl (C=O) groups is 1. The molecule has 4 rings (SSSR count). The molecule has 32 heavy (non-hydrogen) atoms. The van der Waals surface area contributed by atoms with Crippen LogP contribution in [0.3, 0.4) is 0 Å². The lowest BCUT2D eigenvalue weighted by molar-refractivity contribution is -0.116. The topological polar surface area (TPSA) is 86.9 Å². The highest BCUT2D eigenvalue weighted by Crippen LogP contribution is 2.33. The predicted molar refractivity (Wildman–Crippen MR) is 125 cm³/mol. The molecule has 0 bridgehead atoms. The first-order valence-corrected chi connectivity index (χ1v) is 11.1. The zero-order valence-corrected chi connectivity index (χ0v) is 19.7. The van der Waals surface area contributed by atoms with E-state index in [2.05, 4.69) is 15.4 Å². The van der Waals surface area contributed by atoms with E-state index >= 15 is 0 Å². The summed E-state index contributed by atoms with van der Waals surface area (Å²) >= 11 is 1.52. The minimum absolute atomic E-state index is 0.0464. The molecule has 0 radical (unpaired) electrons. The van der Waals surface area contributed by atoms with Crippen molar-refractivity contribution in [2.45, 2.75) is 36.7 Å². The summed E-state index contributed by atoms with van der Waals surface area (Å²) in [6.07, 6.45) is 4.59. The van der Waals surface area contributed by atoms with E-state index in [9.17, 15) is 4.79 Å². The number of amides is 1. The fraction of sp³-hybridized carbons (Fsp3) is 0.304. The Labute approximate surface area is 191 Å². The van der Waals surface area contributed by atoms with E-state index in [1.54, 1.807) is 18.0 Å². The quantitative estimate of drug-likeness (QED) is 0.457. The van der Waals surface area contributed by atoms with Crippen molar-refractivity contribution in [3.05, 3.63) is 53.5 Å². The Hall–Kier alpha value is -3.33. The van der Waals surface area contributed by atoms with Gasteiger partial charge in [0.2, 0.25) is 11.8 Å². The van der Waals surface area contributed by atoms with E-state index in [-0.39, 0.29) is 5.91 Å². The summed E-state index contributed by atoms with van der Waals surface area (Å²) in [5, 5.41) is 9.21. The molecule has 1 aromatic carbocycles. The number of hydrogen-bond acceptors (Lipinski definition) is 6. The largest absolute Gasteiger partial charge is 0.479 e. The highest BCUT2D eigenvalue weighted by molar-refractivity contribution is 7.99. The number of carbonyl (C=O) groups excluding carboxylic acids is 1. The molecule has 8 nitrogen and oxygen atoms in total. The zero-order chi connectivity index (χ0) is 22.8. The maximum Gasteiger partial charge on any atom is 0.242 e. The van der Waals surface area contributed by atoms with Gasteiger partial charge in [-0.05, 0) is 55.3 Å². The molecular weight excluding hydrogens is 424 g/mol. The average molecular weight is 451 g/mol. The molecular formula is C23H26N6O2S. The molecule has 0 fully saturated rings. The zero-order valence-electron chi connectivity index (χ0n) is 18.8. The summed E-state index contributed by atoms with van der Waals surface area (Å²) in [6.45, 7) is 4.01. The van der Waals surface area contributed by atoms with E-state index < -0.39 is 0 Å². The molecule has 0 aliphatic heterocycles. The number of ether oxygens (including phenoxy) is 1. The molecule has 0 unspecified atom stereocenters. The van der Waals surface area contributed by atoms with Gasteiger partial charge in [0, 0.05) is 43.5 Å². The number of nitrogens with zero attached hydrogens (tertiary/aromatic N) is 5. The average Bonchev–Trinajstić information content (AvgIpc) is 3.31. The van der Waals surface area contributed by atoms with Crippen molar-refractivity contribution < 1.29 is 9.53 Å². The van der Waals surface area contributed by atoms with Gasteiger partial charge in [-0.2, -0.15) is 0 Å². The second-order valence-electron chi connectivity index (χ2n) is 7.60. The molecule has 9 heteroatoms. The minimum atomic E-state index is -0.0464. The van der Waals surface area contributed by atoms with Crippen LogP contribution in [-0.2, 0) is 25.3 Å². The number of pyridine rings is 1. The summed E-state index contributed by atoms with van der Waals surface area (Å²) in [6, 6.07) is 7.76. The summed E-state index contributed by atoms with van der Waals surface area (Å²) in [5.41, 5.74) is 4.57. The van der Waals surface area contributed by atoms with E-state index in [4.69, 9.17) is 9.72 Å². The molecule has 0 aliphatic rings. The van der Waals surface area contributed by atoms with Gasteiger partial charge in [-0.1, -0.05) is 12.1 Å². The third-order valence-corrected chi connectivity index (χ3v) is 6.61. The second kappa shape index (κ2) is 9.04. The molecule has 0 spiro atoms. The summed E-state index contributed by atoms with van der Waals surface area (Å²) in [4.78, 5) is 22.8. The van der Waals surface area contributed by atoms with Gasteiger partial charge >= 0.3 is 0 Å². The van der Waals surface area contributed by atoms with E-state index in [1.807, 2.05) is 63.0 Å². The molecule has 3 heterocycles. The molecule has 1 N–H and O–H groups in total. The number of imidazole rings is 1.